The molecule has 2 aromatic carbocycles. The highest BCUT2D eigenvalue weighted by molar-refractivity contribution is 7.19. The van der Waals surface area contributed by atoms with Gasteiger partial charge in [0.15, 0.2) is 0 Å². The van der Waals surface area contributed by atoms with E-state index in [1.54, 1.807) is 29.3 Å². The van der Waals surface area contributed by atoms with E-state index >= 15 is 0 Å². The molecule has 0 atom stereocenters. The summed E-state index contributed by atoms with van der Waals surface area (Å²) in [5.74, 6) is -0.574. The largest absolute Gasteiger partial charge is 0.303 e. The van der Waals surface area contributed by atoms with Crippen LogP contribution in [0, 0.1) is 5.82 Å². The van der Waals surface area contributed by atoms with Crippen LogP contribution < -0.4 is 4.90 Å². The minimum Gasteiger partial charge on any atom is -0.303 e. The van der Waals surface area contributed by atoms with E-state index in [1.807, 2.05) is 42.5 Å². The van der Waals surface area contributed by atoms with Crippen molar-refractivity contribution < 1.29 is 9.18 Å². The van der Waals surface area contributed by atoms with E-state index in [9.17, 15) is 9.18 Å². The third kappa shape index (κ3) is 4.13. The average Bonchev–Trinajstić information content (AvgIpc) is 3.15. The van der Waals surface area contributed by atoms with Gasteiger partial charge in [0.25, 0.3) is 5.91 Å². The SMILES string of the molecule is O=C(C=Cc1nc2ccccc2s1)N(Cc1ccccn1)c1ccc(F)cc1. The van der Waals surface area contributed by atoms with E-state index in [0.717, 1.165) is 20.9 Å². The molecule has 0 radical (unpaired) electrons. The van der Waals surface area contributed by atoms with E-state index in [1.165, 1.54) is 29.5 Å². The molecule has 28 heavy (non-hydrogen) atoms. The van der Waals surface area contributed by atoms with Gasteiger partial charge in [0.2, 0.25) is 0 Å². The van der Waals surface area contributed by atoms with Gasteiger partial charge >= 0.3 is 0 Å². The minimum atomic E-state index is -0.348. The zero-order valence-electron chi connectivity index (χ0n) is 14.8. The van der Waals surface area contributed by atoms with Crippen molar-refractivity contribution in [1.29, 1.82) is 0 Å². The van der Waals surface area contributed by atoms with E-state index < -0.39 is 0 Å². The number of thiazole rings is 1. The number of hydrogen-bond acceptors (Lipinski definition) is 4. The highest BCUT2D eigenvalue weighted by Gasteiger charge is 2.15. The molecule has 0 aliphatic carbocycles. The Morgan fingerprint density at radius 2 is 1.82 bits per heavy atom. The van der Waals surface area contributed by atoms with Gasteiger partial charge in [-0.15, -0.1) is 11.3 Å². The molecule has 0 saturated carbocycles. The maximum Gasteiger partial charge on any atom is 0.251 e. The van der Waals surface area contributed by atoms with Gasteiger partial charge in [0.05, 0.1) is 22.5 Å². The molecule has 0 aliphatic heterocycles. The number of hydrogen-bond donors (Lipinski definition) is 0. The number of aromatic nitrogens is 2. The van der Waals surface area contributed by atoms with Crippen molar-refractivity contribution in [3.05, 3.63) is 95.5 Å². The Morgan fingerprint density at radius 3 is 2.57 bits per heavy atom. The first-order chi connectivity index (χ1) is 13.7. The second-order valence-corrected chi connectivity index (χ2v) is 7.14. The summed E-state index contributed by atoms with van der Waals surface area (Å²) in [7, 11) is 0. The Bertz CT molecular complexity index is 1090. The van der Waals surface area contributed by atoms with Crippen LogP contribution in [0.3, 0.4) is 0 Å². The lowest BCUT2D eigenvalue weighted by atomic mass is 10.2. The molecule has 0 unspecified atom stereocenters. The molecule has 0 aliphatic rings. The second-order valence-electron chi connectivity index (χ2n) is 6.08. The lowest BCUT2D eigenvalue weighted by Crippen LogP contribution is -2.29. The normalized spacial score (nSPS) is 11.2. The molecule has 4 rings (SSSR count). The number of rotatable bonds is 5. The molecule has 0 fully saturated rings. The summed E-state index contributed by atoms with van der Waals surface area (Å²) < 4.78 is 14.4. The molecule has 1 amide bonds. The molecule has 2 heterocycles. The standard InChI is InChI=1S/C22H16FN3OS/c23-16-8-10-18(11-9-16)26(15-17-5-3-4-14-24-17)22(27)13-12-21-25-19-6-1-2-7-20(19)28-21/h1-14H,15H2. The monoisotopic (exact) mass is 389 g/mol. The molecule has 0 N–H and O–H groups in total. The van der Waals surface area contributed by atoms with Crippen molar-refractivity contribution >= 4 is 39.2 Å². The maximum atomic E-state index is 13.3. The van der Waals surface area contributed by atoms with Gasteiger partial charge in [0, 0.05) is 18.0 Å². The van der Waals surface area contributed by atoms with Crippen LogP contribution in [-0.4, -0.2) is 15.9 Å². The minimum absolute atomic E-state index is 0.225. The maximum absolute atomic E-state index is 13.3. The van der Waals surface area contributed by atoms with Gasteiger partial charge in [-0.25, -0.2) is 9.37 Å². The first kappa shape index (κ1) is 18.0. The predicted molar refractivity (Wildman–Crippen MR) is 110 cm³/mol. The molecule has 0 spiro atoms. The number of halogens is 1. The van der Waals surface area contributed by atoms with Gasteiger partial charge in [-0.05, 0) is 54.6 Å². The van der Waals surface area contributed by atoms with Crippen molar-refractivity contribution in [2.45, 2.75) is 6.54 Å². The molecule has 4 nitrogen and oxygen atoms in total. The number of nitrogens with zero attached hydrogens (tertiary/aromatic N) is 3. The Labute approximate surface area is 165 Å². The van der Waals surface area contributed by atoms with Crippen molar-refractivity contribution in [3.63, 3.8) is 0 Å². The lowest BCUT2D eigenvalue weighted by Gasteiger charge is -2.21. The number of fused-ring (bicyclic) bond motifs is 1. The smallest absolute Gasteiger partial charge is 0.251 e. The first-order valence-electron chi connectivity index (χ1n) is 8.70. The van der Waals surface area contributed by atoms with E-state index in [4.69, 9.17) is 0 Å². The summed E-state index contributed by atoms with van der Waals surface area (Å²) in [6, 6.07) is 19.2. The molecule has 138 valence electrons. The fourth-order valence-corrected chi connectivity index (χ4v) is 3.64. The Balaban J connectivity index is 1.60. The van der Waals surface area contributed by atoms with Crippen LogP contribution in [0.1, 0.15) is 10.7 Å². The number of pyridine rings is 1. The number of carbonyl (C=O) groups is 1. The van der Waals surface area contributed by atoms with Gasteiger partial charge in [-0.2, -0.15) is 0 Å². The van der Waals surface area contributed by atoms with Crippen LogP contribution in [0.25, 0.3) is 16.3 Å². The Hall–Kier alpha value is -3.38. The molecule has 6 heteroatoms. The number of para-hydroxylation sites is 1. The topological polar surface area (TPSA) is 46.1 Å². The number of amides is 1. The fraction of sp³-hybridized carbons (Fsp3) is 0.0455. The molecule has 4 aromatic rings. The zero-order chi connectivity index (χ0) is 19.3. The lowest BCUT2D eigenvalue weighted by molar-refractivity contribution is -0.114. The highest BCUT2D eigenvalue weighted by Crippen LogP contribution is 2.23. The summed E-state index contributed by atoms with van der Waals surface area (Å²) in [5, 5.41) is 0.756. The third-order valence-corrected chi connectivity index (χ3v) is 5.13. The number of benzene rings is 2. The molecule has 0 saturated heterocycles. The molecular weight excluding hydrogens is 373 g/mol. The predicted octanol–water partition coefficient (Wildman–Crippen LogP) is 5.08. The van der Waals surface area contributed by atoms with Crippen LogP contribution in [-0.2, 0) is 11.3 Å². The first-order valence-corrected chi connectivity index (χ1v) is 9.51. The van der Waals surface area contributed by atoms with Crippen LogP contribution in [0.2, 0.25) is 0 Å². The van der Waals surface area contributed by atoms with Crippen molar-refractivity contribution in [2.24, 2.45) is 0 Å². The average molecular weight is 389 g/mol. The number of carbonyl (C=O) groups excluding carboxylic acids is 1. The number of anilines is 1. The molecule has 2 aromatic heterocycles. The van der Waals surface area contributed by atoms with Gasteiger partial charge in [-0.1, -0.05) is 18.2 Å². The summed E-state index contributed by atoms with van der Waals surface area (Å²) >= 11 is 1.52. The van der Waals surface area contributed by atoms with Crippen molar-refractivity contribution in [2.75, 3.05) is 4.90 Å². The van der Waals surface area contributed by atoms with Crippen LogP contribution in [0.5, 0.6) is 0 Å². The van der Waals surface area contributed by atoms with Crippen LogP contribution in [0.4, 0.5) is 10.1 Å². The second kappa shape index (κ2) is 8.10. The van der Waals surface area contributed by atoms with Crippen molar-refractivity contribution in [1.82, 2.24) is 9.97 Å². The molecular formula is C22H16FN3OS. The fourth-order valence-electron chi connectivity index (χ4n) is 2.77. The Morgan fingerprint density at radius 1 is 1.04 bits per heavy atom. The van der Waals surface area contributed by atoms with E-state index in [-0.39, 0.29) is 18.3 Å². The highest BCUT2D eigenvalue weighted by atomic mass is 32.1. The zero-order valence-corrected chi connectivity index (χ0v) is 15.6. The van der Waals surface area contributed by atoms with Gasteiger partial charge in [0.1, 0.15) is 10.8 Å². The van der Waals surface area contributed by atoms with Gasteiger partial charge < -0.3 is 4.90 Å². The molecule has 0 bridgehead atoms. The summed E-state index contributed by atoms with van der Waals surface area (Å²) in [5.41, 5.74) is 2.25. The summed E-state index contributed by atoms with van der Waals surface area (Å²) in [4.78, 5) is 23.3. The van der Waals surface area contributed by atoms with Crippen LogP contribution >= 0.6 is 11.3 Å². The quantitative estimate of drug-likeness (QED) is 0.447. The van der Waals surface area contributed by atoms with Crippen LogP contribution in [0.15, 0.2) is 79.0 Å². The van der Waals surface area contributed by atoms with E-state index in [0.29, 0.717) is 5.69 Å². The Kier molecular flexibility index (Phi) is 5.21. The van der Waals surface area contributed by atoms with Gasteiger partial charge in [-0.3, -0.25) is 9.78 Å². The summed E-state index contributed by atoms with van der Waals surface area (Å²) in [6.07, 6.45) is 4.88. The third-order valence-electron chi connectivity index (χ3n) is 4.13. The van der Waals surface area contributed by atoms with E-state index in [2.05, 4.69) is 9.97 Å². The van der Waals surface area contributed by atoms with Crippen molar-refractivity contribution in [3.8, 4) is 0 Å². The summed E-state index contributed by atoms with van der Waals surface area (Å²) in [6.45, 7) is 0.287.